The molecule has 3 rings (SSSR count). The molecule has 0 radical (unpaired) electrons. The van der Waals surface area contributed by atoms with Crippen LogP contribution in [0.15, 0.2) is 54.6 Å². The Labute approximate surface area is 219 Å². The van der Waals surface area contributed by atoms with Crippen LogP contribution in [0.25, 0.3) is 5.69 Å². The lowest BCUT2D eigenvalue weighted by molar-refractivity contribution is -0.116. The summed E-state index contributed by atoms with van der Waals surface area (Å²) in [5.74, 6) is 0.607. The summed E-state index contributed by atoms with van der Waals surface area (Å²) in [5, 5.41) is 19.6. The fourth-order valence-corrected chi connectivity index (χ4v) is 3.65. The fraction of sp³-hybridized carbons (Fsp3) is 0.379. The molecule has 0 saturated heterocycles. The van der Waals surface area contributed by atoms with Gasteiger partial charge in [0.05, 0.1) is 23.0 Å². The Morgan fingerprint density at radius 2 is 1.78 bits per heavy atom. The summed E-state index contributed by atoms with van der Waals surface area (Å²) in [6, 6.07) is 18.1. The number of amides is 3. The van der Waals surface area contributed by atoms with Crippen molar-refractivity contribution < 1.29 is 9.59 Å². The minimum absolute atomic E-state index is 0.112. The summed E-state index contributed by atoms with van der Waals surface area (Å²) >= 11 is 0. The van der Waals surface area contributed by atoms with E-state index in [1.807, 2.05) is 37.3 Å². The highest BCUT2D eigenvalue weighted by Gasteiger charge is 2.23. The van der Waals surface area contributed by atoms with Gasteiger partial charge < -0.3 is 15.5 Å². The minimum atomic E-state index is -0.372. The molecule has 0 aliphatic rings. The highest BCUT2D eigenvalue weighted by Crippen LogP contribution is 2.26. The van der Waals surface area contributed by atoms with Gasteiger partial charge in [-0.05, 0) is 61.2 Å². The van der Waals surface area contributed by atoms with Crippen molar-refractivity contribution in [2.24, 2.45) is 5.92 Å². The Kier molecular flexibility index (Phi) is 8.72. The molecule has 0 saturated carbocycles. The summed E-state index contributed by atoms with van der Waals surface area (Å²) in [5.41, 5.74) is 3.64. The summed E-state index contributed by atoms with van der Waals surface area (Å²) in [7, 11) is 0. The number of nitriles is 1. The molecule has 2 N–H and O–H groups in total. The quantitative estimate of drug-likeness (QED) is 0.404. The van der Waals surface area contributed by atoms with Gasteiger partial charge in [0, 0.05) is 23.7 Å². The van der Waals surface area contributed by atoms with E-state index in [0.29, 0.717) is 29.5 Å². The van der Waals surface area contributed by atoms with Crippen LogP contribution in [0.2, 0.25) is 0 Å². The second kappa shape index (κ2) is 11.7. The Hall–Kier alpha value is -4.12. The van der Waals surface area contributed by atoms with Gasteiger partial charge in [-0.1, -0.05) is 46.8 Å². The van der Waals surface area contributed by atoms with Gasteiger partial charge in [-0.2, -0.15) is 10.4 Å². The first-order valence-corrected chi connectivity index (χ1v) is 12.5. The maximum absolute atomic E-state index is 13.2. The van der Waals surface area contributed by atoms with Gasteiger partial charge in [0.15, 0.2) is 0 Å². The SMILES string of the molecule is Cc1cccc(-n2nc(C(C)(C)C)cc2NC(=O)CN(CCC(C)C)C(=O)Nc2ccc(C#N)cc2)c1. The molecule has 8 heteroatoms. The number of anilines is 2. The van der Waals surface area contributed by atoms with Crippen LogP contribution in [-0.4, -0.2) is 39.7 Å². The first-order valence-electron chi connectivity index (χ1n) is 12.5. The number of nitrogens with one attached hydrogen (secondary N) is 2. The highest BCUT2D eigenvalue weighted by molar-refractivity contribution is 5.96. The lowest BCUT2D eigenvalue weighted by Gasteiger charge is -2.23. The largest absolute Gasteiger partial charge is 0.322 e. The van der Waals surface area contributed by atoms with Crippen molar-refractivity contribution in [3.05, 3.63) is 71.4 Å². The van der Waals surface area contributed by atoms with Crippen molar-refractivity contribution in [2.75, 3.05) is 23.7 Å². The molecule has 3 amide bonds. The van der Waals surface area contributed by atoms with Crippen LogP contribution in [-0.2, 0) is 10.2 Å². The van der Waals surface area contributed by atoms with E-state index in [2.05, 4.69) is 51.3 Å². The Balaban J connectivity index is 1.81. The fourth-order valence-electron chi connectivity index (χ4n) is 3.65. The Morgan fingerprint density at radius 3 is 2.38 bits per heavy atom. The summed E-state index contributed by atoms with van der Waals surface area (Å²) in [6.07, 6.45) is 0.753. The van der Waals surface area contributed by atoms with E-state index in [1.165, 1.54) is 4.90 Å². The monoisotopic (exact) mass is 500 g/mol. The Bertz CT molecular complexity index is 1280. The number of rotatable bonds is 8. The molecule has 0 fully saturated rings. The zero-order valence-electron chi connectivity index (χ0n) is 22.5. The molecule has 0 unspecified atom stereocenters. The maximum atomic E-state index is 13.2. The first kappa shape index (κ1) is 27.5. The first-order chi connectivity index (χ1) is 17.5. The predicted octanol–water partition coefficient (Wildman–Crippen LogP) is 5.87. The van der Waals surface area contributed by atoms with E-state index in [1.54, 1.807) is 28.9 Å². The van der Waals surface area contributed by atoms with E-state index in [-0.39, 0.29) is 23.9 Å². The predicted molar refractivity (Wildman–Crippen MR) is 147 cm³/mol. The van der Waals surface area contributed by atoms with Gasteiger partial charge in [0.1, 0.15) is 12.4 Å². The minimum Gasteiger partial charge on any atom is -0.315 e. The normalized spacial score (nSPS) is 11.2. The van der Waals surface area contributed by atoms with Gasteiger partial charge in [-0.3, -0.25) is 4.79 Å². The highest BCUT2D eigenvalue weighted by atomic mass is 16.2. The molecule has 0 atom stereocenters. The molecule has 0 bridgehead atoms. The third-order valence-electron chi connectivity index (χ3n) is 5.85. The molecule has 2 aromatic carbocycles. The van der Waals surface area contributed by atoms with Crippen LogP contribution in [0.5, 0.6) is 0 Å². The number of urea groups is 1. The molecule has 37 heavy (non-hydrogen) atoms. The molecule has 0 aliphatic carbocycles. The average Bonchev–Trinajstić information content (AvgIpc) is 3.26. The van der Waals surface area contributed by atoms with Gasteiger partial charge >= 0.3 is 6.03 Å². The van der Waals surface area contributed by atoms with Crippen molar-refractivity contribution in [3.63, 3.8) is 0 Å². The molecule has 3 aromatic rings. The molecule has 0 spiro atoms. The van der Waals surface area contributed by atoms with E-state index < -0.39 is 0 Å². The third-order valence-corrected chi connectivity index (χ3v) is 5.85. The number of nitrogens with zero attached hydrogens (tertiary/aromatic N) is 4. The molecule has 1 heterocycles. The number of carbonyl (C=O) groups excluding carboxylic acids is 2. The van der Waals surface area contributed by atoms with Gasteiger partial charge in [-0.25, -0.2) is 9.48 Å². The lowest BCUT2D eigenvalue weighted by atomic mass is 9.92. The maximum Gasteiger partial charge on any atom is 0.322 e. The number of carbonyl (C=O) groups is 2. The van der Waals surface area contributed by atoms with Crippen molar-refractivity contribution in [1.82, 2.24) is 14.7 Å². The number of aryl methyl sites for hydroxylation is 1. The zero-order valence-corrected chi connectivity index (χ0v) is 22.5. The van der Waals surface area contributed by atoms with Crippen molar-refractivity contribution >= 4 is 23.4 Å². The van der Waals surface area contributed by atoms with Gasteiger partial charge in [0.25, 0.3) is 0 Å². The van der Waals surface area contributed by atoms with Crippen LogP contribution >= 0.6 is 0 Å². The average molecular weight is 501 g/mol. The van der Waals surface area contributed by atoms with Gasteiger partial charge in [-0.15, -0.1) is 0 Å². The van der Waals surface area contributed by atoms with Crippen LogP contribution in [0, 0.1) is 24.2 Å². The van der Waals surface area contributed by atoms with Crippen molar-refractivity contribution in [1.29, 1.82) is 5.26 Å². The lowest BCUT2D eigenvalue weighted by Crippen LogP contribution is -2.41. The van der Waals surface area contributed by atoms with Gasteiger partial charge in [0.2, 0.25) is 5.91 Å². The smallest absolute Gasteiger partial charge is 0.315 e. The molecule has 194 valence electrons. The second-order valence-electron chi connectivity index (χ2n) is 10.7. The molecular formula is C29H36N6O2. The number of hydrogen-bond acceptors (Lipinski definition) is 4. The second-order valence-corrected chi connectivity index (χ2v) is 10.7. The van der Waals surface area contributed by atoms with Crippen LogP contribution in [0.3, 0.4) is 0 Å². The van der Waals surface area contributed by atoms with E-state index in [4.69, 9.17) is 10.4 Å². The van der Waals surface area contributed by atoms with Crippen molar-refractivity contribution in [3.8, 4) is 11.8 Å². The molecule has 0 aliphatic heterocycles. The van der Waals surface area contributed by atoms with Crippen LogP contribution in [0.4, 0.5) is 16.3 Å². The summed E-state index contributed by atoms with van der Waals surface area (Å²) in [6.45, 7) is 12.7. The Morgan fingerprint density at radius 1 is 1.08 bits per heavy atom. The van der Waals surface area contributed by atoms with E-state index in [9.17, 15) is 9.59 Å². The number of benzene rings is 2. The summed E-state index contributed by atoms with van der Waals surface area (Å²) < 4.78 is 1.74. The topological polar surface area (TPSA) is 103 Å². The molecule has 1 aromatic heterocycles. The number of aromatic nitrogens is 2. The standard InChI is InChI=1S/C29H36N6O2/c1-20(2)14-15-34(28(37)31-23-12-10-22(18-30)11-13-23)19-27(36)32-26-17-25(29(4,5)6)33-35(26)24-9-7-8-21(3)16-24/h7-13,16-17,20H,14-15,19H2,1-6H3,(H,31,37)(H,32,36). The van der Waals surface area contributed by atoms with Crippen molar-refractivity contribution in [2.45, 2.75) is 53.4 Å². The van der Waals surface area contributed by atoms with Crippen LogP contribution < -0.4 is 10.6 Å². The van der Waals surface area contributed by atoms with E-state index >= 15 is 0 Å². The molecular weight excluding hydrogens is 464 g/mol. The summed E-state index contributed by atoms with van der Waals surface area (Å²) in [4.78, 5) is 27.8. The third kappa shape index (κ3) is 7.68. The van der Waals surface area contributed by atoms with E-state index in [0.717, 1.165) is 23.4 Å². The number of hydrogen-bond donors (Lipinski definition) is 2. The van der Waals surface area contributed by atoms with Crippen LogP contribution in [0.1, 0.15) is 57.9 Å². The zero-order chi connectivity index (χ0) is 27.2. The molecule has 8 nitrogen and oxygen atoms in total.